The molecule has 25 heavy (non-hydrogen) atoms. The maximum absolute atomic E-state index is 11.9. The molecule has 0 radical (unpaired) electrons. The van der Waals surface area contributed by atoms with Crippen molar-refractivity contribution in [3.05, 3.63) is 29.8 Å². The topological polar surface area (TPSA) is 61.4 Å². The number of hydrogen-bond donors (Lipinski definition) is 2. The van der Waals surface area contributed by atoms with Gasteiger partial charge in [0.05, 0.1) is 0 Å². The summed E-state index contributed by atoms with van der Waals surface area (Å²) in [6, 6.07) is 8.42. The lowest BCUT2D eigenvalue weighted by Gasteiger charge is -2.28. The summed E-state index contributed by atoms with van der Waals surface area (Å²) >= 11 is 2.01. The molecule has 2 fully saturated rings. The maximum atomic E-state index is 11.9. The Kier molecular flexibility index (Phi) is 6.24. The molecule has 6 heteroatoms. The third kappa shape index (κ3) is 5.39. The molecule has 0 unspecified atom stereocenters. The first-order valence-electron chi connectivity index (χ1n) is 9.09. The zero-order chi connectivity index (χ0) is 17.6. The molecule has 0 aromatic heterocycles. The van der Waals surface area contributed by atoms with Crippen LogP contribution in [0.3, 0.4) is 0 Å². The van der Waals surface area contributed by atoms with Gasteiger partial charge in [0.15, 0.2) is 0 Å². The normalized spacial score (nSPS) is 22.4. The molecule has 1 aromatic rings. The zero-order valence-electron chi connectivity index (χ0n) is 14.8. The minimum Gasteiger partial charge on any atom is -0.370 e. The Bertz CT molecular complexity index is 599. The summed E-state index contributed by atoms with van der Waals surface area (Å²) in [6.45, 7) is 5.23. The van der Waals surface area contributed by atoms with Crippen LogP contribution >= 0.6 is 11.8 Å². The van der Waals surface area contributed by atoms with Crippen molar-refractivity contribution in [3.63, 3.8) is 0 Å². The number of carbonyl (C=O) groups excluding carboxylic acids is 2. The van der Waals surface area contributed by atoms with Gasteiger partial charge < -0.3 is 15.5 Å². The fourth-order valence-electron chi connectivity index (χ4n) is 3.05. The van der Waals surface area contributed by atoms with Crippen molar-refractivity contribution < 1.29 is 9.59 Å². The van der Waals surface area contributed by atoms with Crippen LogP contribution in [0.15, 0.2) is 24.3 Å². The first-order valence-corrected chi connectivity index (χ1v) is 10.2. The van der Waals surface area contributed by atoms with E-state index in [9.17, 15) is 9.59 Å². The average molecular weight is 362 g/mol. The van der Waals surface area contributed by atoms with Gasteiger partial charge in [-0.15, -0.1) is 0 Å². The Morgan fingerprint density at radius 1 is 1.16 bits per heavy atom. The van der Waals surface area contributed by atoms with E-state index < -0.39 is 0 Å². The predicted octanol–water partition coefficient (Wildman–Crippen LogP) is 2.02. The van der Waals surface area contributed by atoms with Gasteiger partial charge in [0.2, 0.25) is 11.8 Å². The smallest absolute Gasteiger partial charge is 0.223 e. The van der Waals surface area contributed by atoms with Crippen LogP contribution in [0.2, 0.25) is 0 Å². The van der Waals surface area contributed by atoms with Crippen LogP contribution in [-0.4, -0.2) is 43.0 Å². The van der Waals surface area contributed by atoms with Gasteiger partial charge in [0, 0.05) is 55.7 Å². The summed E-state index contributed by atoms with van der Waals surface area (Å²) < 4.78 is 0. The number of benzene rings is 1. The lowest BCUT2D eigenvalue weighted by Crippen LogP contribution is -2.32. The van der Waals surface area contributed by atoms with Crippen molar-refractivity contribution >= 4 is 29.3 Å². The fraction of sp³-hybridized carbons (Fsp3) is 0.579. The van der Waals surface area contributed by atoms with Crippen molar-refractivity contribution in [2.45, 2.75) is 26.3 Å². The summed E-state index contributed by atoms with van der Waals surface area (Å²) in [5.41, 5.74) is 2.35. The highest BCUT2D eigenvalue weighted by Gasteiger charge is 2.38. The van der Waals surface area contributed by atoms with Gasteiger partial charge in [-0.1, -0.05) is 19.1 Å². The van der Waals surface area contributed by atoms with Crippen LogP contribution in [0.5, 0.6) is 0 Å². The third-order valence-electron chi connectivity index (χ3n) is 4.90. The van der Waals surface area contributed by atoms with Crippen molar-refractivity contribution in [1.29, 1.82) is 0 Å². The Hall–Kier alpha value is -1.69. The fourth-order valence-corrected chi connectivity index (χ4v) is 3.96. The summed E-state index contributed by atoms with van der Waals surface area (Å²) in [5.74, 6) is 3.11. The first kappa shape index (κ1) is 18.1. The van der Waals surface area contributed by atoms with E-state index in [0.29, 0.717) is 25.4 Å². The molecule has 5 nitrogen and oxygen atoms in total. The standard InChI is InChI=1S/C19H27N3O2S/c1-14-12-17(14)19(24)20-7-6-18(23)21-13-15-2-4-16(5-3-15)22-8-10-25-11-9-22/h2-5,14,17H,6-13H2,1H3,(H,20,24)(H,21,23)/t14-,17+/m1/s1. The molecule has 1 saturated heterocycles. The van der Waals surface area contributed by atoms with Gasteiger partial charge in [-0.05, 0) is 30.0 Å². The van der Waals surface area contributed by atoms with E-state index in [1.54, 1.807) is 0 Å². The molecule has 2 aliphatic rings. The van der Waals surface area contributed by atoms with Crippen molar-refractivity contribution in [2.75, 3.05) is 36.0 Å². The number of nitrogens with one attached hydrogen (secondary N) is 2. The quantitative estimate of drug-likeness (QED) is 0.780. The Balaban J connectivity index is 1.34. The first-order chi connectivity index (χ1) is 12.1. The molecule has 136 valence electrons. The van der Waals surface area contributed by atoms with E-state index in [1.165, 1.54) is 17.2 Å². The molecule has 2 amide bonds. The predicted molar refractivity (Wildman–Crippen MR) is 103 cm³/mol. The molecule has 1 heterocycles. The number of anilines is 1. The minimum atomic E-state index is -0.0266. The molecule has 1 aromatic carbocycles. The average Bonchev–Trinajstić information content (AvgIpc) is 3.38. The molecule has 1 saturated carbocycles. The SMILES string of the molecule is C[C@@H]1C[C@@H]1C(=O)NCCC(=O)NCc1ccc(N2CCSCC2)cc1. The largest absolute Gasteiger partial charge is 0.370 e. The van der Waals surface area contributed by atoms with Crippen LogP contribution in [0.1, 0.15) is 25.3 Å². The molecular formula is C19H27N3O2S. The lowest BCUT2D eigenvalue weighted by molar-refractivity contribution is -0.123. The Morgan fingerprint density at radius 2 is 1.84 bits per heavy atom. The van der Waals surface area contributed by atoms with Crippen LogP contribution in [0.4, 0.5) is 5.69 Å². The van der Waals surface area contributed by atoms with E-state index in [-0.39, 0.29) is 17.7 Å². The summed E-state index contributed by atoms with van der Waals surface area (Å²) in [4.78, 5) is 26.0. The monoisotopic (exact) mass is 361 g/mol. The van der Waals surface area contributed by atoms with Crippen LogP contribution in [0, 0.1) is 11.8 Å². The second kappa shape index (κ2) is 8.61. The van der Waals surface area contributed by atoms with E-state index in [0.717, 1.165) is 25.1 Å². The highest BCUT2D eigenvalue weighted by atomic mass is 32.2. The molecule has 0 spiro atoms. The molecule has 0 bridgehead atoms. The molecule has 1 aliphatic carbocycles. The Morgan fingerprint density at radius 3 is 2.48 bits per heavy atom. The molecule has 1 aliphatic heterocycles. The van der Waals surface area contributed by atoms with E-state index in [1.807, 2.05) is 11.8 Å². The molecule has 3 rings (SSSR count). The van der Waals surface area contributed by atoms with Gasteiger partial charge in [-0.2, -0.15) is 11.8 Å². The number of amides is 2. The second-order valence-corrected chi connectivity index (χ2v) is 8.13. The number of rotatable bonds is 7. The van der Waals surface area contributed by atoms with Crippen LogP contribution < -0.4 is 15.5 Å². The summed E-state index contributed by atoms with van der Waals surface area (Å²) in [5, 5.41) is 5.76. The lowest BCUT2D eigenvalue weighted by atomic mass is 10.2. The number of hydrogen-bond acceptors (Lipinski definition) is 4. The minimum absolute atomic E-state index is 0.0266. The van der Waals surface area contributed by atoms with Gasteiger partial charge in [0.25, 0.3) is 0 Å². The zero-order valence-corrected chi connectivity index (χ0v) is 15.6. The Labute approximate surface area is 153 Å². The summed E-state index contributed by atoms with van der Waals surface area (Å²) in [6.07, 6.45) is 1.31. The van der Waals surface area contributed by atoms with Crippen molar-refractivity contribution in [2.24, 2.45) is 11.8 Å². The van der Waals surface area contributed by atoms with Crippen molar-refractivity contribution in [3.8, 4) is 0 Å². The van der Waals surface area contributed by atoms with E-state index >= 15 is 0 Å². The number of carbonyl (C=O) groups is 2. The van der Waals surface area contributed by atoms with E-state index in [4.69, 9.17) is 0 Å². The molecule has 2 atom stereocenters. The summed E-state index contributed by atoms with van der Waals surface area (Å²) in [7, 11) is 0. The molecular weight excluding hydrogens is 334 g/mol. The number of thioether (sulfide) groups is 1. The number of nitrogens with zero attached hydrogens (tertiary/aromatic N) is 1. The maximum Gasteiger partial charge on any atom is 0.223 e. The highest BCUT2D eigenvalue weighted by molar-refractivity contribution is 7.99. The third-order valence-corrected chi connectivity index (χ3v) is 5.84. The van der Waals surface area contributed by atoms with Gasteiger partial charge in [-0.3, -0.25) is 9.59 Å². The van der Waals surface area contributed by atoms with Gasteiger partial charge >= 0.3 is 0 Å². The van der Waals surface area contributed by atoms with Crippen LogP contribution in [0.25, 0.3) is 0 Å². The van der Waals surface area contributed by atoms with Crippen molar-refractivity contribution in [1.82, 2.24) is 10.6 Å². The highest BCUT2D eigenvalue weighted by Crippen LogP contribution is 2.37. The van der Waals surface area contributed by atoms with E-state index in [2.05, 4.69) is 46.7 Å². The second-order valence-electron chi connectivity index (χ2n) is 6.90. The molecule has 2 N–H and O–H groups in total. The van der Waals surface area contributed by atoms with Gasteiger partial charge in [-0.25, -0.2) is 0 Å². The van der Waals surface area contributed by atoms with Gasteiger partial charge in [0.1, 0.15) is 0 Å². The van der Waals surface area contributed by atoms with Crippen LogP contribution in [-0.2, 0) is 16.1 Å².